The first kappa shape index (κ1) is 34.0. The first-order valence-electron chi connectivity index (χ1n) is 17.6. The fourth-order valence-electron chi connectivity index (χ4n) is 11.9. The summed E-state index contributed by atoms with van der Waals surface area (Å²) < 4.78 is 25.2. The third-order valence-electron chi connectivity index (χ3n) is 14.6. The van der Waals surface area contributed by atoms with Crippen molar-refractivity contribution in [3.8, 4) is 0 Å². The Morgan fingerprint density at radius 3 is 2.38 bits per heavy atom. The van der Waals surface area contributed by atoms with Crippen molar-refractivity contribution >= 4 is 0 Å². The quantitative estimate of drug-likeness (QED) is 0.283. The molecule has 4 aliphatic carbocycles. The van der Waals surface area contributed by atoms with Gasteiger partial charge in [0.2, 0.25) is 0 Å². The van der Waals surface area contributed by atoms with Crippen LogP contribution in [0, 0.1) is 45.3 Å². The molecule has 2 heterocycles. The van der Waals surface area contributed by atoms with E-state index in [4.69, 9.17) is 18.9 Å². The van der Waals surface area contributed by atoms with Crippen molar-refractivity contribution in [3.05, 3.63) is 23.8 Å². The van der Waals surface area contributed by atoms with Gasteiger partial charge in [-0.15, -0.1) is 0 Å². The Labute approximate surface area is 270 Å². The standard InChI is InChI=1S/C37H60O8/c1-21(2)17-23(42-8)18-22(3)24-11-13-35(7)26-12-14-37-27(36(26,20-43-37)16-15-34(24,35)6)9-10-28(33(37,4)5)45-32-31(41)30(40)29(39)25(19-38)44-32/h12,14,17,22-32,38-41H,9-11,13,15-16,18-20H2,1-8H3/t22-,23+,24-,25-,26+,27+,28+,29-,30+,31-,32+,34-,35+,36+,37+/m1/s1. The predicted octanol–water partition coefficient (Wildman–Crippen LogP) is 4.77. The van der Waals surface area contributed by atoms with E-state index >= 15 is 0 Å². The van der Waals surface area contributed by atoms with Crippen molar-refractivity contribution in [2.24, 2.45) is 45.3 Å². The van der Waals surface area contributed by atoms with E-state index in [1.165, 1.54) is 31.3 Å². The SMILES string of the molecule is CO[C@@H](C=C(C)C)C[C@@H](C)[C@H]1CC[C@@]2(C)[C@@H]3C=C[C@]45OC[C@]3(CC[C@]12C)[C@@H]4CC[C@H](O[C@@H]1O[C@H](CO)[C@@H](O)[C@H](O)[C@H]1O)C5(C)C. The summed E-state index contributed by atoms with van der Waals surface area (Å²) in [6, 6.07) is 0. The molecule has 0 aromatic heterocycles. The Bertz CT molecular complexity index is 1160. The minimum atomic E-state index is -1.46. The number of ether oxygens (including phenoxy) is 4. The molecule has 0 amide bonds. The average Bonchev–Trinajstić information content (AvgIpc) is 3.39. The zero-order valence-electron chi connectivity index (χ0n) is 28.9. The fraction of sp³-hybridized carbons (Fsp3) is 0.892. The first-order chi connectivity index (χ1) is 21.1. The zero-order valence-corrected chi connectivity index (χ0v) is 28.9. The van der Waals surface area contributed by atoms with Crippen LogP contribution in [0.1, 0.15) is 93.4 Å². The highest BCUT2D eigenvalue weighted by Crippen LogP contribution is 2.77. The third-order valence-corrected chi connectivity index (χ3v) is 14.6. The highest BCUT2D eigenvalue weighted by atomic mass is 16.7. The van der Waals surface area contributed by atoms with Crippen LogP contribution < -0.4 is 0 Å². The van der Waals surface area contributed by atoms with E-state index in [-0.39, 0.29) is 28.5 Å². The van der Waals surface area contributed by atoms with Gasteiger partial charge in [0.05, 0.1) is 31.0 Å². The minimum Gasteiger partial charge on any atom is -0.394 e. The van der Waals surface area contributed by atoms with Gasteiger partial charge in [-0.2, -0.15) is 0 Å². The molecule has 15 atom stereocenters. The molecule has 4 N–H and O–H groups in total. The summed E-state index contributed by atoms with van der Waals surface area (Å²) in [5.74, 6) is 2.06. The molecule has 6 aliphatic rings. The number of methoxy groups -OCH3 is 1. The number of aliphatic hydroxyl groups is 4. The largest absolute Gasteiger partial charge is 0.394 e. The molecule has 256 valence electrons. The maximum atomic E-state index is 10.7. The lowest BCUT2D eigenvalue weighted by molar-refractivity contribution is -0.329. The molecule has 0 radical (unpaired) electrons. The van der Waals surface area contributed by atoms with E-state index in [1.54, 1.807) is 0 Å². The number of hydrogen-bond donors (Lipinski definition) is 4. The summed E-state index contributed by atoms with van der Waals surface area (Å²) in [5, 5.41) is 41.1. The third kappa shape index (κ3) is 4.74. The Morgan fingerprint density at radius 2 is 1.71 bits per heavy atom. The summed E-state index contributed by atoms with van der Waals surface area (Å²) in [6.45, 7) is 16.6. The Morgan fingerprint density at radius 1 is 0.978 bits per heavy atom. The summed E-state index contributed by atoms with van der Waals surface area (Å²) in [7, 11) is 1.84. The van der Waals surface area contributed by atoms with Gasteiger partial charge < -0.3 is 39.4 Å². The molecule has 3 saturated carbocycles. The van der Waals surface area contributed by atoms with Crippen LogP contribution in [0.15, 0.2) is 23.8 Å². The molecule has 8 nitrogen and oxygen atoms in total. The van der Waals surface area contributed by atoms with Crippen molar-refractivity contribution in [1.82, 2.24) is 0 Å². The fourth-order valence-corrected chi connectivity index (χ4v) is 11.9. The molecule has 1 spiro atoms. The van der Waals surface area contributed by atoms with Crippen molar-refractivity contribution in [2.75, 3.05) is 20.3 Å². The second-order valence-electron chi connectivity index (χ2n) is 17.0. The molecule has 2 bridgehead atoms. The smallest absolute Gasteiger partial charge is 0.186 e. The van der Waals surface area contributed by atoms with Crippen LogP contribution in [0.3, 0.4) is 0 Å². The van der Waals surface area contributed by atoms with E-state index in [1.807, 2.05) is 7.11 Å². The van der Waals surface area contributed by atoms with Crippen LogP contribution in [0.25, 0.3) is 0 Å². The molecule has 2 aliphatic heterocycles. The molecule has 45 heavy (non-hydrogen) atoms. The topological polar surface area (TPSA) is 118 Å². The molecule has 2 saturated heterocycles. The molecular formula is C37H60O8. The van der Waals surface area contributed by atoms with E-state index in [9.17, 15) is 20.4 Å². The normalized spacial score (nSPS) is 51.2. The first-order valence-corrected chi connectivity index (χ1v) is 17.6. The predicted molar refractivity (Wildman–Crippen MR) is 171 cm³/mol. The molecule has 5 fully saturated rings. The van der Waals surface area contributed by atoms with Crippen LogP contribution in [-0.4, -0.2) is 89.3 Å². The highest BCUT2D eigenvalue weighted by Gasteiger charge is 2.75. The summed E-state index contributed by atoms with van der Waals surface area (Å²) in [6.07, 6.45) is 8.34. The molecule has 8 heteroatoms. The molecule has 0 aromatic rings. The van der Waals surface area contributed by atoms with Gasteiger partial charge in [0, 0.05) is 23.9 Å². The van der Waals surface area contributed by atoms with Gasteiger partial charge in [-0.1, -0.05) is 58.4 Å². The van der Waals surface area contributed by atoms with Crippen molar-refractivity contribution in [1.29, 1.82) is 0 Å². The molecular weight excluding hydrogens is 572 g/mol. The monoisotopic (exact) mass is 632 g/mol. The van der Waals surface area contributed by atoms with Crippen molar-refractivity contribution in [2.45, 2.75) is 142 Å². The van der Waals surface area contributed by atoms with Crippen LogP contribution in [0.4, 0.5) is 0 Å². The van der Waals surface area contributed by atoms with Gasteiger partial charge in [-0.25, -0.2) is 0 Å². The average molecular weight is 633 g/mol. The zero-order chi connectivity index (χ0) is 32.7. The summed E-state index contributed by atoms with van der Waals surface area (Å²) >= 11 is 0. The Hall–Kier alpha value is -0.840. The summed E-state index contributed by atoms with van der Waals surface area (Å²) in [4.78, 5) is 0. The van der Waals surface area contributed by atoms with E-state index in [0.717, 1.165) is 25.9 Å². The van der Waals surface area contributed by atoms with Gasteiger partial charge in [0.1, 0.15) is 24.4 Å². The second kappa shape index (κ2) is 11.6. The van der Waals surface area contributed by atoms with Crippen LogP contribution in [0.2, 0.25) is 0 Å². The van der Waals surface area contributed by atoms with Gasteiger partial charge >= 0.3 is 0 Å². The number of allylic oxidation sites excluding steroid dienone is 2. The molecule has 0 aromatic carbocycles. The number of fused-ring (bicyclic) bond motifs is 2. The van der Waals surface area contributed by atoms with Gasteiger partial charge in [-0.05, 0) is 87.4 Å². The van der Waals surface area contributed by atoms with Crippen molar-refractivity contribution in [3.63, 3.8) is 0 Å². The van der Waals surface area contributed by atoms with Gasteiger partial charge in [0.25, 0.3) is 0 Å². The molecule has 0 unspecified atom stereocenters. The number of aliphatic hydroxyl groups excluding tert-OH is 4. The van der Waals surface area contributed by atoms with E-state index in [2.05, 4.69) is 66.7 Å². The van der Waals surface area contributed by atoms with Gasteiger partial charge in [-0.3, -0.25) is 0 Å². The molecule has 6 rings (SSSR count). The lowest BCUT2D eigenvalue weighted by atomic mass is 9.38. The maximum Gasteiger partial charge on any atom is 0.186 e. The van der Waals surface area contributed by atoms with Crippen LogP contribution >= 0.6 is 0 Å². The Kier molecular flexibility index (Phi) is 8.81. The minimum absolute atomic E-state index is 0.0869. The number of hydrogen-bond acceptors (Lipinski definition) is 8. The maximum absolute atomic E-state index is 10.7. The van der Waals surface area contributed by atoms with Gasteiger partial charge in [0.15, 0.2) is 6.29 Å². The Balaban J connectivity index is 1.25. The highest BCUT2D eigenvalue weighted by molar-refractivity contribution is 5.33. The lowest BCUT2D eigenvalue weighted by Gasteiger charge is -2.65. The van der Waals surface area contributed by atoms with Crippen LogP contribution in [-0.2, 0) is 18.9 Å². The number of rotatable bonds is 8. The lowest BCUT2D eigenvalue weighted by Crippen LogP contribution is -2.66. The summed E-state index contributed by atoms with van der Waals surface area (Å²) in [5.41, 5.74) is 0.902. The van der Waals surface area contributed by atoms with Crippen molar-refractivity contribution < 1.29 is 39.4 Å². The van der Waals surface area contributed by atoms with Crippen LogP contribution in [0.5, 0.6) is 0 Å². The van der Waals surface area contributed by atoms with E-state index in [0.29, 0.717) is 23.7 Å². The van der Waals surface area contributed by atoms with E-state index < -0.39 is 48.3 Å². The second-order valence-corrected chi connectivity index (χ2v) is 17.0.